The number of nitrogens with one attached hydrogen (secondary N) is 2. The topological polar surface area (TPSA) is 66.9 Å². The van der Waals surface area contributed by atoms with Crippen molar-refractivity contribution in [1.82, 2.24) is 14.7 Å². The monoisotopic (exact) mass is 280 g/mol. The van der Waals surface area contributed by atoms with Crippen molar-refractivity contribution < 1.29 is 4.79 Å². The Morgan fingerprint density at radius 2 is 2.16 bits per heavy atom. The van der Waals surface area contributed by atoms with E-state index in [-0.39, 0.29) is 11.9 Å². The molecule has 1 amide bonds. The number of hydrogen-bond acceptors (Lipinski definition) is 5. The molecule has 1 aromatic rings. The Hall–Kier alpha value is -1.01. The first kappa shape index (κ1) is 13.0. The number of anilines is 1. The highest BCUT2D eigenvalue weighted by Crippen LogP contribution is 2.32. The minimum Gasteiger partial charge on any atom is -0.303 e. The Kier molecular flexibility index (Phi) is 3.79. The maximum atomic E-state index is 12.2. The number of hydrogen-bond donors (Lipinski definition) is 2. The van der Waals surface area contributed by atoms with E-state index < -0.39 is 0 Å². The SMILES string of the molecule is Cc1nsc(NC(=O)C2CCC3CCCCC3N2)n1. The molecule has 2 heterocycles. The Balaban J connectivity index is 1.58. The number of aryl methyl sites for hydroxylation is 1. The van der Waals surface area contributed by atoms with Crippen LogP contribution in [0.4, 0.5) is 5.13 Å². The largest absolute Gasteiger partial charge is 0.303 e. The summed E-state index contributed by atoms with van der Waals surface area (Å²) >= 11 is 1.24. The van der Waals surface area contributed by atoms with Crippen molar-refractivity contribution in [3.63, 3.8) is 0 Å². The second-order valence-corrected chi connectivity index (χ2v) is 6.34. The number of nitrogens with zero attached hydrogens (tertiary/aromatic N) is 2. The van der Waals surface area contributed by atoms with Crippen LogP contribution in [0.3, 0.4) is 0 Å². The zero-order valence-corrected chi connectivity index (χ0v) is 12.0. The van der Waals surface area contributed by atoms with E-state index in [1.807, 2.05) is 6.92 Å². The molecule has 0 spiro atoms. The highest BCUT2D eigenvalue weighted by Gasteiger charge is 2.34. The van der Waals surface area contributed by atoms with E-state index in [9.17, 15) is 4.79 Å². The maximum Gasteiger partial charge on any atom is 0.243 e. The van der Waals surface area contributed by atoms with Crippen LogP contribution >= 0.6 is 11.5 Å². The Morgan fingerprint density at radius 3 is 2.95 bits per heavy atom. The molecule has 1 saturated heterocycles. The van der Waals surface area contributed by atoms with Crippen LogP contribution in [0.25, 0.3) is 0 Å². The summed E-state index contributed by atoms with van der Waals surface area (Å²) in [4.78, 5) is 16.4. The lowest BCUT2D eigenvalue weighted by atomic mass is 9.77. The van der Waals surface area contributed by atoms with Gasteiger partial charge in [-0.1, -0.05) is 12.8 Å². The first-order valence-corrected chi connectivity index (χ1v) is 7.87. The van der Waals surface area contributed by atoms with Gasteiger partial charge >= 0.3 is 0 Å². The summed E-state index contributed by atoms with van der Waals surface area (Å²) in [6.45, 7) is 1.83. The number of aromatic nitrogens is 2. The lowest BCUT2D eigenvalue weighted by Crippen LogP contribution is -2.53. The molecule has 104 valence electrons. The molecule has 3 unspecified atom stereocenters. The fourth-order valence-corrected chi connectivity index (χ4v) is 3.82. The number of carbonyl (C=O) groups is 1. The van der Waals surface area contributed by atoms with Gasteiger partial charge in [0.25, 0.3) is 0 Å². The lowest BCUT2D eigenvalue weighted by Gasteiger charge is -2.39. The number of carbonyl (C=O) groups excluding carboxylic acids is 1. The summed E-state index contributed by atoms with van der Waals surface area (Å²) in [6.07, 6.45) is 7.28. The molecule has 2 aliphatic rings. The molecular formula is C13H20N4OS. The van der Waals surface area contributed by atoms with E-state index in [1.165, 1.54) is 43.6 Å². The number of amides is 1. The molecule has 3 rings (SSSR count). The quantitative estimate of drug-likeness (QED) is 0.870. The van der Waals surface area contributed by atoms with E-state index in [1.54, 1.807) is 0 Å². The van der Waals surface area contributed by atoms with E-state index >= 15 is 0 Å². The van der Waals surface area contributed by atoms with Crippen molar-refractivity contribution in [2.24, 2.45) is 5.92 Å². The molecule has 19 heavy (non-hydrogen) atoms. The zero-order chi connectivity index (χ0) is 13.2. The highest BCUT2D eigenvalue weighted by atomic mass is 32.1. The molecule has 0 aromatic carbocycles. The van der Waals surface area contributed by atoms with Crippen LogP contribution in [0.5, 0.6) is 0 Å². The van der Waals surface area contributed by atoms with Gasteiger partial charge in [0.1, 0.15) is 5.82 Å². The van der Waals surface area contributed by atoms with E-state index in [2.05, 4.69) is 20.0 Å². The molecule has 1 aromatic heterocycles. The summed E-state index contributed by atoms with van der Waals surface area (Å²) < 4.78 is 4.08. The smallest absolute Gasteiger partial charge is 0.243 e. The third kappa shape index (κ3) is 2.95. The van der Waals surface area contributed by atoms with Crippen molar-refractivity contribution in [2.75, 3.05) is 5.32 Å². The summed E-state index contributed by atoms with van der Waals surface area (Å²) in [6, 6.07) is 0.470. The molecule has 6 heteroatoms. The van der Waals surface area contributed by atoms with Crippen LogP contribution < -0.4 is 10.6 Å². The zero-order valence-electron chi connectivity index (χ0n) is 11.2. The summed E-state index contributed by atoms with van der Waals surface area (Å²) in [5.41, 5.74) is 0. The van der Waals surface area contributed by atoms with Gasteiger partial charge in [-0.3, -0.25) is 10.1 Å². The Morgan fingerprint density at radius 1 is 1.32 bits per heavy atom. The number of piperidine rings is 1. The van der Waals surface area contributed by atoms with Gasteiger partial charge < -0.3 is 5.32 Å². The molecule has 1 aliphatic heterocycles. The predicted molar refractivity (Wildman–Crippen MR) is 75.2 cm³/mol. The molecule has 2 N–H and O–H groups in total. The first-order chi connectivity index (χ1) is 9.22. The third-order valence-corrected chi connectivity index (χ3v) is 4.95. The van der Waals surface area contributed by atoms with Crippen LogP contribution in [-0.2, 0) is 4.79 Å². The van der Waals surface area contributed by atoms with Gasteiger partial charge in [-0.2, -0.15) is 4.37 Å². The van der Waals surface area contributed by atoms with Crippen molar-refractivity contribution in [3.8, 4) is 0 Å². The normalized spacial score (nSPS) is 30.7. The van der Waals surface area contributed by atoms with Crippen molar-refractivity contribution in [1.29, 1.82) is 0 Å². The van der Waals surface area contributed by atoms with Gasteiger partial charge in [-0.05, 0) is 38.5 Å². The molecule has 2 fully saturated rings. The van der Waals surface area contributed by atoms with Crippen molar-refractivity contribution in [2.45, 2.75) is 57.5 Å². The third-order valence-electron chi connectivity index (χ3n) is 4.22. The molecular weight excluding hydrogens is 260 g/mol. The van der Waals surface area contributed by atoms with Crippen molar-refractivity contribution in [3.05, 3.63) is 5.82 Å². The summed E-state index contributed by atoms with van der Waals surface area (Å²) in [5.74, 6) is 1.53. The second kappa shape index (κ2) is 5.54. The minimum atomic E-state index is -0.0662. The fraction of sp³-hybridized carbons (Fsp3) is 0.769. The standard InChI is InChI=1S/C13H20N4OS/c1-8-14-13(19-17-8)16-12(18)11-7-6-9-4-2-3-5-10(9)15-11/h9-11,15H,2-7H2,1H3,(H,14,16,17,18). The summed E-state index contributed by atoms with van der Waals surface area (Å²) in [7, 11) is 0. The van der Waals surface area contributed by atoms with E-state index in [4.69, 9.17) is 0 Å². The minimum absolute atomic E-state index is 0.0418. The maximum absolute atomic E-state index is 12.2. The Labute approximate surface area is 117 Å². The number of fused-ring (bicyclic) bond motifs is 1. The first-order valence-electron chi connectivity index (χ1n) is 7.09. The van der Waals surface area contributed by atoms with Crippen LogP contribution in [0.1, 0.15) is 44.3 Å². The molecule has 5 nitrogen and oxygen atoms in total. The molecule has 0 radical (unpaired) electrons. The van der Waals surface area contributed by atoms with Crippen LogP contribution in [0, 0.1) is 12.8 Å². The predicted octanol–water partition coefficient (Wildman–Crippen LogP) is 2.10. The van der Waals surface area contributed by atoms with Crippen molar-refractivity contribution >= 4 is 22.6 Å². The fourth-order valence-electron chi connectivity index (χ4n) is 3.24. The average molecular weight is 280 g/mol. The second-order valence-electron chi connectivity index (χ2n) is 5.58. The van der Waals surface area contributed by atoms with Gasteiger partial charge in [0.05, 0.1) is 6.04 Å². The lowest BCUT2D eigenvalue weighted by molar-refractivity contribution is -0.119. The van der Waals surface area contributed by atoms with Crippen LogP contribution in [0.15, 0.2) is 0 Å². The van der Waals surface area contributed by atoms with Crippen LogP contribution in [0.2, 0.25) is 0 Å². The van der Waals surface area contributed by atoms with Gasteiger partial charge in [0.15, 0.2) is 0 Å². The summed E-state index contributed by atoms with van der Waals surface area (Å²) in [5, 5.41) is 7.00. The Bertz CT molecular complexity index is 461. The average Bonchev–Trinajstić information content (AvgIpc) is 2.83. The van der Waals surface area contributed by atoms with E-state index in [0.29, 0.717) is 17.0 Å². The molecule has 3 atom stereocenters. The van der Waals surface area contributed by atoms with Gasteiger partial charge in [-0.15, -0.1) is 0 Å². The molecule has 1 aliphatic carbocycles. The molecule has 1 saturated carbocycles. The van der Waals surface area contributed by atoms with Crippen LogP contribution in [-0.4, -0.2) is 27.3 Å². The van der Waals surface area contributed by atoms with E-state index in [0.717, 1.165) is 12.3 Å². The molecule has 0 bridgehead atoms. The highest BCUT2D eigenvalue weighted by molar-refractivity contribution is 7.09. The van der Waals surface area contributed by atoms with Gasteiger partial charge in [-0.25, -0.2) is 4.98 Å². The van der Waals surface area contributed by atoms with Gasteiger partial charge in [0.2, 0.25) is 11.0 Å². The van der Waals surface area contributed by atoms with Gasteiger partial charge in [0, 0.05) is 17.6 Å². The number of rotatable bonds is 2.